The van der Waals surface area contributed by atoms with Gasteiger partial charge >= 0.3 is 0 Å². The Kier molecular flexibility index (Phi) is 4.29. The molecule has 2 aromatic carbocycles. The Balaban J connectivity index is 1.55. The van der Waals surface area contributed by atoms with Crippen LogP contribution in [-0.2, 0) is 0 Å². The molecule has 0 radical (unpaired) electrons. The molecule has 4 heteroatoms. The van der Waals surface area contributed by atoms with E-state index in [1.807, 2.05) is 6.08 Å². The molecule has 2 aliphatic rings. The number of benzene rings is 2. The third-order valence-corrected chi connectivity index (χ3v) is 5.75. The van der Waals surface area contributed by atoms with Gasteiger partial charge in [-0.05, 0) is 67.2 Å². The van der Waals surface area contributed by atoms with Crippen molar-refractivity contribution in [2.24, 2.45) is 11.8 Å². The average molecular weight is 358 g/mol. The van der Waals surface area contributed by atoms with E-state index in [4.69, 9.17) is 4.74 Å². The first kappa shape index (κ1) is 17.2. The van der Waals surface area contributed by atoms with Crippen LogP contribution in [-0.4, -0.2) is 6.61 Å². The van der Waals surface area contributed by atoms with Gasteiger partial charge in [-0.2, -0.15) is 4.39 Å². The second kappa shape index (κ2) is 6.49. The topological polar surface area (TPSA) is 9.23 Å². The van der Waals surface area contributed by atoms with Gasteiger partial charge in [0.1, 0.15) is 5.82 Å². The van der Waals surface area contributed by atoms with Crippen LogP contribution in [0.3, 0.4) is 0 Å². The van der Waals surface area contributed by atoms with Gasteiger partial charge in [-0.1, -0.05) is 18.2 Å². The largest absolute Gasteiger partial charge is 0.490 e. The summed E-state index contributed by atoms with van der Waals surface area (Å²) in [7, 11) is 0. The summed E-state index contributed by atoms with van der Waals surface area (Å²) in [5.74, 6) is -1.74. The molecule has 2 aliphatic carbocycles. The van der Waals surface area contributed by atoms with Crippen LogP contribution in [0.5, 0.6) is 5.75 Å². The summed E-state index contributed by atoms with van der Waals surface area (Å²) in [6.45, 7) is 5.81. The molecule has 0 atom stereocenters. The van der Waals surface area contributed by atoms with Gasteiger partial charge in [0.05, 0.1) is 6.61 Å². The third-order valence-electron chi connectivity index (χ3n) is 5.75. The lowest BCUT2D eigenvalue weighted by Gasteiger charge is -2.28. The zero-order valence-electron chi connectivity index (χ0n) is 14.7. The zero-order chi connectivity index (χ0) is 18.4. The number of rotatable bonds is 4. The van der Waals surface area contributed by atoms with E-state index < -0.39 is 17.5 Å². The zero-order valence-corrected chi connectivity index (χ0v) is 14.7. The van der Waals surface area contributed by atoms with E-state index in [1.54, 1.807) is 19.1 Å². The first-order valence-corrected chi connectivity index (χ1v) is 9.08. The Labute approximate surface area is 151 Å². The Morgan fingerprint density at radius 3 is 2.38 bits per heavy atom. The molecule has 0 N–H and O–H groups in total. The quantitative estimate of drug-likeness (QED) is 0.488. The lowest BCUT2D eigenvalue weighted by Crippen LogP contribution is -2.20. The van der Waals surface area contributed by atoms with Crippen LogP contribution in [0.4, 0.5) is 13.2 Å². The molecule has 0 amide bonds. The second-order valence-corrected chi connectivity index (χ2v) is 7.37. The fourth-order valence-electron chi connectivity index (χ4n) is 4.05. The predicted molar refractivity (Wildman–Crippen MR) is 96.6 cm³/mol. The first-order valence-electron chi connectivity index (χ1n) is 9.08. The molecule has 1 nitrogen and oxygen atoms in total. The molecule has 136 valence electrons. The van der Waals surface area contributed by atoms with Gasteiger partial charge in [0.2, 0.25) is 5.82 Å². The molecule has 0 bridgehead atoms. The summed E-state index contributed by atoms with van der Waals surface area (Å²) in [5.41, 5.74) is 1.74. The summed E-state index contributed by atoms with van der Waals surface area (Å²) in [6, 6.07) is 4.89. The monoisotopic (exact) mass is 358 g/mol. The van der Waals surface area contributed by atoms with E-state index in [-0.39, 0.29) is 16.9 Å². The van der Waals surface area contributed by atoms with Gasteiger partial charge in [0.25, 0.3) is 0 Å². The molecule has 0 spiro atoms. The molecule has 0 unspecified atom stereocenters. The van der Waals surface area contributed by atoms with Gasteiger partial charge in [-0.3, -0.25) is 0 Å². The number of halogens is 3. The van der Waals surface area contributed by atoms with Crippen molar-refractivity contribution < 1.29 is 17.9 Å². The average Bonchev–Trinajstić information content (AvgIpc) is 2.64. The predicted octanol–water partition coefficient (Wildman–Crippen LogP) is 6.43. The van der Waals surface area contributed by atoms with Gasteiger partial charge in [-0.15, -0.1) is 6.58 Å². The van der Waals surface area contributed by atoms with E-state index >= 15 is 0 Å². The number of ether oxygens (including phenoxy) is 1. The molecule has 0 aromatic heterocycles. The Morgan fingerprint density at radius 2 is 1.69 bits per heavy atom. The minimum absolute atomic E-state index is 0.0255. The van der Waals surface area contributed by atoms with E-state index in [0.29, 0.717) is 35.1 Å². The summed E-state index contributed by atoms with van der Waals surface area (Å²) in [6.07, 6.45) is 6.11. The first-order chi connectivity index (χ1) is 12.5. The Morgan fingerprint density at radius 1 is 1.00 bits per heavy atom. The van der Waals surface area contributed by atoms with Crippen molar-refractivity contribution >= 4 is 0 Å². The number of hydrogen-bond donors (Lipinski definition) is 0. The summed E-state index contributed by atoms with van der Waals surface area (Å²) in [5, 5.41) is 0. The number of allylic oxidation sites excluding steroid dienone is 1. The highest BCUT2D eigenvalue weighted by molar-refractivity contribution is 6.03. The maximum Gasteiger partial charge on any atom is 0.201 e. The maximum absolute atomic E-state index is 14.5. The van der Waals surface area contributed by atoms with Crippen molar-refractivity contribution in [1.29, 1.82) is 0 Å². The van der Waals surface area contributed by atoms with E-state index in [0.717, 1.165) is 25.7 Å². The van der Waals surface area contributed by atoms with Gasteiger partial charge in [0.15, 0.2) is 11.6 Å². The van der Waals surface area contributed by atoms with Crippen LogP contribution >= 0.6 is 0 Å². The minimum Gasteiger partial charge on any atom is -0.490 e. The van der Waals surface area contributed by atoms with E-state index in [9.17, 15) is 13.2 Å². The van der Waals surface area contributed by atoms with Crippen LogP contribution in [0.25, 0.3) is 22.3 Å². The van der Waals surface area contributed by atoms with Crippen molar-refractivity contribution in [2.45, 2.75) is 32.6 Å². The highest BCUT2D eigenvalue weighted by Gasteiger charge is 2.34. The molecule has 2 aromatic rings. The van der Waals surface area contributed by atoms with Crippen molar-refractivity contribution in [2.75, 3.05) is 6.61 Å². The van der Waals surface area contributed by atoms with Crippen molar-refractivity contribution in [3.05, 3.63) is 53.9 Å². The SMILES string of the molecule is C=CC1CCC(COc2cc3c(c(F)c2F)-c2c-3ccc(C)c2F)CC1. The molecular formula is C22H21F3O. The Hall–Kier alpha value is -2.23. The highest BCUT2D eigenvalue weighted by Crippen LogP contribution is 2.52. The van der Waals surface area contributed by atoms with Crippen LogP contribution in [0.15, 0.2) is 30.9 Å². The van der Waals surface area contributed by atoms with Gasteiger partial charge in [-0.25, -0.2) is 8.78 Å². The van der Waals surface area contributed by atoms with Crippen LogP contribution in [0.2, 0.25) is 0 Å². The number of fused-ring (bicyclic) bond motifs is 4. The summed E-state index contributed by atoms with van der Waals surface area (Å²) >= 11 is 0. The molecule has 26 heavy (non-hydrogen) atoms. The Bertz CT molecular complexity index is 880. The van der Waals surface area contributed by atoms with Gasteiger partial charge < -0.3 is 4.74 Å². The molecule has 1 saturated carbocycles. The fraction of sp³-hybridized carbons (Fsp3) is 0.364. The summed E-state index contributed by atoms with van der Waals surface area (Å²) in [4.78, 5) is 0. The lowest BCUT2D eigenvalue weighted by atomic mass is 9.78. The number of aryl methyl sites for hydroxylation is 1. The summed E-state index contributed by atoms with van der Waals surface area (Å²) < 4.78 is 48.8. The van der Waals surface area contributed by atoms with Crippen molar-refractivity contribution in [1.82, 2.24) is 0 Å². The van der Waals surface area contributed by atoms with Crippen LogP contribution < -0.4 is 4.74 Å². The van der Waals surface area contributed by atoms with Gasteiger partial charge in [0, 0.05) is 11.1 Å². The minimum atomic E-state index is -1.03. The van der Waals surface area contributed by atoms with Crippen LogP contribution in [0.1, 0.15) is 31.2 Å². The van der Waals surface area contributed by atoms with Crippen molar-refractivity contribution in [3.8, 4) is 28.0 Å². The van der Waals surface area contributed by atoms with E-state index in [1.165, 1.54) is 6.07 Å². The maximum atomic E-state index is 14.5. The molecule has 1 fully saturated rings. The molecule has 0 heterocycles. The van der Waals surface area contributed by atoms with Crippen molar-refractivity contribution in [3.63, 3.8) is 0 Å². The molecular weight excluding hydrogens is 337 g/mol. The molecule has 4 rings (SSSR count). The standard InChI is InChI=1S/C22H21F3O/c1-3-13-5-7-14(8-6-13)11-26-17-10-16-15-9-4-12(2)20(23)18(15)19(16)22(25)21(17)24/h3-4,9-10,13-14H,1,5-8,11H2,2H3. The number of hydrogen-bond acceptors (Lipinski definition) is 1. The van der Waals surface area contributed by atoms with E-state index in [2.05, 4.69) is 6.58 Å². The third kappa shape index (κ3) is 2.63. The lowest BCUT2D eigenvalue weighted by molar-refractivity contribution is 0.188. The highest BCUT2D eigenvalue weighted by atomic mass is 19.2. The molecule has 0 aliphatic heterocycles. The fourth-order valence-corrected chi connectivity index (χ4v) is 4.05. The normalized spacial score (nSPS) is 20.8. The second-order valence-electron chi connectivity index (χ2n) is 7.37. The molecule has 0 saturated heterocycles. The smallest absolute Gasteiger partial charge is 0.201 e. The van der Waals surface area contributed by atoms with Crippen LogP contribution in [0, 0.1) is 36.2 Å².